The molecule has 0 spiro atoms. The van der Waals surface area contributed by atoms with Gasteiger partial charge in [-0.15, -0.1) is 0 Å². The molecule has 0 unspecified atom stereocenters. The van der Waals surface area contributed by atoms with E-state index in [1.54, 1.807) is 24.3 Å². The maximum absolute atomic E-state index is 12.3. The van der Waals surface area contributed by atoms with Crippen molar-refractivity contribution in [2.75, 3.05) is 0 Å². The zero-order chi connectivity index (χ0) is 16.5. The van der Waals surface area contributed by atoms with Gasteiger partial charge in [0.1, 0.15) is 6.54 Å². The van der Waals surface area contributed by atoms with E-state index in [4.69, 9.17) is 4.52 Å². The molecule has 0 aliphatic carbocycles. The van der Waals surface area contributed by atoms with Crippen LogP contribution >= 0.6 is 0 Å². The third kappa shape index (κ3) is 2.48. The lowest BCUT2D eigenvalue weighted by molar-refractivity contribution is 0.0625. The zero-order valence-electron chi connectivity index (χ0n) is 12.7. The molecule has 6 heteroatoms. The number of aromatic nitrogens is 2. The monoisotopic (exact) mass is 319 g/mol. The lowest BCUT2D eigenvalue weighted by Crippen LogP contribution is -2.29. The zero-order valence-corrected chi connectivity index (χ0v) is 12.7. The third-order valence-corrected chi connectivity index (χ3v) is 3.89. The van der Waals surface area contributed by atoms with Crippen molar-refractivity contribution in [1.29, 1.82) is 0 Å². The number of hydrogen-bond acceptors (Lipinski definition) is 5. The van der Waals surface area contributed by atoms with Crippen molar-refractivity contribution >= 4 is 11.8 Å². The van der Waals surface area contributed by atoms with Gasteiger partial charge in [0, 0.05) is 6.42 Å². The first-order valence-electron chi connectivity index (χ1n) is 7.53. The Labute approximate surface area is 137 Å². The molecule has 0 N–H and O–H groups in total. The first-order chi connectivity index (χ1) is 11.7. The van der Waals surface area contributed by atoms with Crippen molar-refractivity contribution in [1.82, 2.24) is 15.0 Å². The summed E-state index contributed by atoms with van der Waals surface area (Å²) in [6.07, 6.45) is 0.534. The van der Waals surface area contributed by atoms with Gasteiger partial charge in [-0.3, -0.25) is 14.5 Å². The highest BCUT2D eigenvalue weighted by molar-refractivity contribution is 6.21. The normalized spacial score (nSPS) is 13.4. The molecule has 0 fully saturated rings. The maximum Gasteiger partial charge on any atom is 0.262 e. The van der Waals surface area contributed by atoms with Gasteiger partial charge in [0.25, 0.3) is 11.8 Å². The third-order valence-electron chi connectivity index (χ3n) is 3.89. The molecule has 0 bridgehead atoms. The standard InChI is InChI=1S/C18H13N3O3/c22-17-13-8-4-5-9-14(13)18(23)21(17)11-16-19-15(20-24-16)10-12-6-2-1-3-7-12/h1-9H,10-11H2. The predicted octanol–water partition coefficient (Wildman–Crippen LogP) is 2.46. The molecule has 118 valence electrons. The summed E-state index contributed by atoms with van der Waals surface area (Å²) in [5.74, 6) is 0.0973. The summed E-state index contributed by atoms with van der Waals surface area (Å²) in [6.45, 7) is -0.0197. The Morgan fingerprint density at radius 2 is 1.50 bits per heavy atom. The first kappa shape index (κ1) is 14.3. The average Bonchev–Trinajstić information content (AvgIpc) is 3.15. The summed E-state index contributed by atoms with van der Waals surface area (Å²) in [4.78, 5) is 30.1. The molecule has 4 rings (SSSR count). The fraction of sp³-hybridized carbons (Fsp3) is 0.111. The van der Waals surface area contributed by atoms with Gasteiger partial charge >= 0.3 is 0 Å². The van der Waals surface area contributed by atoms with Crippen molar-refractivity contribution < 1.29 is 14.1 Å². The minimum Gasteiger partial charge on any atom is -0.337 e. The summed E-state index contributed by atoms with van der Waals surface area (Å²) in [7, 11) is 0. The van der Waals surface area contributed by atoms with E-state index in [2.05, 4.69) is 10.1 Å². The molecule has 24 heavy (non-hydrogen) atoms. The van der Waals surface area contributed by atoms with Gasteiger partial charge in [0.2, 0.25) is 5.89 Å². The van der Waals surface area contributed by atoms with E-state index in [9.17, 15) is 9.59 Å². The number of hydrogen-bond donors (Lipinski definition) is 0. The summed E-state index contributed by atoms with van der Waals surface area (Å²) < 4.78 is 5.19. The maximum atomic E-state index is 12.3. The number of carbonyl (C=O) groups excluding carboxylic acids is 2. The second-order valence-electron chi connectivity index (χ2n) is 5.51. The number of carbonyl (C=O) groups is 2. The smallest absolute Gasteiger partial charge is 0.262 e. The van der Waals surface area contributed by atoms with E-state index in [-0.39, 0.29) is 24.2 Å². The van der Waals surface area contributed by atoms with Gasteiger partial charge in [-0.2, -0.15) is 4.98 Å². The van der Waals surface area contributed by atoms with Crippen LogP contribution in [0.3, 0.4) is 0 Å². The SMILES string of the molecule is O=C1c2ccccc2C(=O)N1Cc1nc(Cc2ccccc2)no1. The molecule has 6 nitrogen and oxygen atoms in total. The molecular formula is C18H13N3O3. The molecule has 2 heterocycles. The summed E-state index contributed by atoms with van der Waals surface area (Å²) in [6, 6.07) is 16.5. The highest BCUT2D eigenvalue weighted by atomic mass is 16.5. The van der Waals surface area contributed by atoms with Crippen molar-refractivity contribution in [3.05, 3.63) is 83.0 Å². The number of benzene rings is 2. The molecule has 0 saturated carbocycles. The molecule has 1 aliphatic heterocycles. The number of fused-ring (bicyclic) bond motifs is 1. The van der Waals surface area contributed by atoms with E-state index in [1.807, 2.05) is 30.3 Å². The number of imide groups is 1. The van der Waals surface area contributed by atoms with E-state index in [1.165, 1.54) is 0 Å². The van der Waals surface area contributed by atoms with Crippen LogP contribution in [0.25, 0.3) is 0 Å². The molecule has 2 amide bonds. The molecule has 3 aromatic rings. The van der Waals surface area contributed by atoms with Crippen molar-refractivity contribution in [2.24, 2.45) is 0 Å². The molecule has 0 saturated heterocycles. The van der Waals surface area contributed by atoms with E-state index in [0.29, 0.717) is 23.4 Å². The topological polar surface area (TPSA) is 76.3 Å². The van der Waals surface area contributed by atoms with Crippen LogP contribution in [0.1, 0.15) is 38.0 Å². The van der Waals surface area contributed by atoms with Crippen LogP contribution < -0.4 is 0 Å². The highest BCUT2D eigenvalue weighted by Gasteiger charge is 2.36. The second-order valence-corrected chi connectivity index (χ2v) is 5.51. The van der Waals surface area contributed by atoms with Crippen LogP contribution in [0.2, 0.25) is 0 Å². The lowest BCUT2D eigenvalue weighted by atomic mass is 10.1. The van der Waals surface area contributed by atoms with Gasteiger partial charge in [0.15, 0.2) is 5.82 Å². The Balaban J connectivity index is 1.51. The Morgan fingerprint density at radius 3 is 2.17 bits per heavy atom. The molecule has 0 radical (unpaired) electrons. The molecule has 1 aliphatic rings. The second kappa shape index (κ2) is 5.73. The minimum absolute atomic E-state index is 0.0197. The molecule has 2 aromatic carbocycles. The Hall–Kier alpha value is -3.28. The lowest BCUT2D eigenvalue weighted by Gasteiger charge is -2.09. The fourth-order valence-corrected chi connectivity index (χ4v) is 2.72. The first-order valence-corrected chi connectivity index (χ1v) is 7.53. The Kier molecular flexibility index (Phi) is 3.42. The predicted molar refractivity (Wildman–Crippen MR) is 84.2 cm³/mol. The quantitative estimate of drug-likeness (QED) is 0.690. The average molecular weight is 319 g/mol. The van der Waals surface area contributed by atoms with Crippen LogP contribution in [0.15, 0.2) is 59.1 Å². The van der Waals surface area contributed by atoms with Crippen LogP contribution in [-0.2, 0) is 13.0 Å². The summed E-state index contributed by atoms with van der Waals surface area (Å²) >= 11 is 0. The van der Waals surface area contributed by atoms with E-state index in [0.717, 1.165) is 10.5 Å². The van der Waals surface area contributed by atoms with Crippen LogP contribution in [0.4, 0.5) is 0 Å². The van der Waals surface area contributed by atoms with Gasteiger partial charge in [0.05, 0.1) is 11.1 Å². The minimum atomic E-state index is -0.335. The summed E-state index contributed by atoms with van der Waals surface area (Å²) in [5, 5.41) is 3.92. The number of nitrogens with zero attached hydrogens (tertiary/aromatic N) is 3. The Bertz CT molecular complexity index is 883. The van der Waals surface area contributed by atoms with Gasteiger partial charge in [-0.25, -0.2) is 0 Å². The van der Waals surface area contributed by atoms with Crippen LogP contribution in [-0.4, -0.2) is 26.9 Å². The number of rotatable bonds is 4. The fourth-order valence-electron chi connectivity index (χ4n) is 2.72. The Morgan fingerprint density at radius 1 is 0.875 bits per heavy atom. The van der Waals surface area contributed by atoms with Gasteiger partial charge < -0.3 is 4.52 Å². The van der Waals surface area contributed by atoms with E-state index < -0.39 is 0 Å². The summed E-state index contributed by atoms with van der Waals surface area (Å²) in [5.41, 5.74) is 1.88. The van der Waals surface area contributed by atoms with E-state index >= 15 is 0 Å². The van der Waals surface area contributed by atoms with Crippen molar-refractivity contribution in [2.45, 2.75) is 13.0 Å². The molecular weight excluding hydrogens is 306 g/mol. The molecule has 0 atom stereocenters. The van der Waals surface area contributed by atoms with Crippen molar-refractivity contribution in [3.63, 3.8) is 0 Å². The van der Waals surface area contributed by atoms with Crippen LogP contribution in [0.5, 0.6) is 0 Å². The van der Waals surface area contributed by atoms with Gasteiger partial charge in [-0.1, -0.05) is 47.6 Å². The largest absolute Gasteiger partial charge is 0.337 e. The van der Waals surface area contributed by atoms with Gasteiger partial charge in [-0.05, 0) is 17.7 Å². The number of amides is 2. The van der Waals surface area contributed by atoms with Crippen molar-refractivity contribution in [3.8, 4) is 0 Å². The van der Waals surface area contributed by atoms with Crippen LogP contribution in [0, 0.1) is 0 Å². The molecule has 1 aromatic heterocycles. The highest BCUT2D eigenvalue weighted by Crippen LogP contribution is 2.23.